The van der Waals surface area contributed by atoms with Crippen LogP contribution in [-0.2, 0) is 4.74 Å². The zero-order valence-electron chi connectivity index (χ0n) is 11.2. The van der Waals surface area contributed by atoms with Crippen LogP contribution >= 0.6 is 0 Å². The molecule has 1 aliphatic heterocycles. The van der Waals surface area contributed by atoms with Gasteiger partial charge in [0, 0.05) is 19.1 Å². The summed E-state index contributed by atoms with van der Waals surface area (Å²) >= 11 is 0. The van der Waals surface area contributed by atoms with Crippen LogP contribution < -0.4 is 5.73 Å². The van der Waals surface area contributed by atoms with Crippen LogP contribution in [0.15, 0.2) is 18.2 Å². The molecule has 2 rings (SSSR count). The lowest BCUT2D eigenvalue weighted by Gasteiger charge is -2.34. The summed E-state index contributed by atoms with van der Waals surface area (Å²) < 4.78 is 19.3. The summed E-state index contributed by atoms with van der Waals surface area (Å²) in [5.74, 6) is -0.778. The number of benzene rings is 1. The van der Waals surface area contributed by atoms with E-state index in [2.05, 4.69) is 0 Å². The zero-order chi connectivity index (χ0) is 14.0. The van der Waals surface area contributed by atoms with Crippen molar-refractivity contribution in [3.05, 3.63) is 35.1 Å². The number of aryl methyl sites for hydroxylation is 1. The summed E-state index contributed by atoms with van der Waals surface area (Å²) in [5.41, 5.74) is 6.68. The minimum absolute atomic E-state index is 0.107. The molecule has 19 heavy (non-hydrogen) atoms. The maximum absolute atomic E-state index is 13.8. The lowest BCUT2D eigenvalue weighted by Crippen LogP contribution is -2.51. The predicted molar refractivity (Wildman–Crippen MR) is 70.4 cm³/mol. The number of ether oxygens (including phenoxy) is 1. The first-order chi connectivity index (χ1) is 8.99. The molecule has 2 atom stereocenters. The van der Waals surface area contributed by atoms with Gasteiger partial charge in [-0.25, -0.2) is 4.39 Å². The van der Waals surface area contributed by atoms with Gasteiger partial charge in [-0.05, 0) is 31.5 Å². The van der Waals surface area contributed by atoms with E-state index in [0.717, 1.165) is 5.56 Å². The third-order valence-electron chi connectivity index (χ3n) is 3.32. The van der Waals surface area contributed by atoms with Crippen molar-refractivity contribution in [3.8, 4) is 0 Å². The summed E-state index contributed by atoms with van der Waals surface area (Å²) in [6.45, 7) is 4.94. The Balaban J connectivity index is 2.15. The average molecular weight is 266 g/mol. The summed E-state index contributed by atoms with van der Waals surface area (Å²) in [6.07, 6.45) is -0.189. The Morgan fingerprint density at radius 2 is 2.32 bits per heavy atom. The fraction of sp³-hybridized carbons (Fsp3) is 0.500. The molecule has 2 N–H and O–H groups in total. The lowest BCUT2D eigenvalue weighted by atomic mass is 10.1. The van der Waals surface area contributed by atoms with E-state index in [1.165, 1.54) is 12.1 Å². The maximum atomic E-state index is 13.8. The number of carbonyl (C=O) groups is 1. The summed E-state index contributed by atoms with van der Waals surface area (Å²) in [7, 11) is 0. The van der Waals surface area contributed by atoms with Gasteiger partial charge in [0.1, 0.15) is 5.82 Å². The van der Waals surface area contributed by atoms with Crippen molar-refractivity contribution in [2.24, 2.45) is 5.73 Å². The van der Waals surface area contributed by atoms with Crippen molar-refractivity contribution in [1.82, 2.24) is 4.90 Å². The number of nitrogens with zero attached hydrogens (tertiary/aromatic N) is 1. The molecule has 1 amide bonds. The summed E-state index contributed by atoms with van der Waals surface area (Å²) in [5, 5.41) is 0. The lowest BCUT2D eigenvalue weighted by molar-refractivity contribution is -0.0301. The standard InChI is InChI=1S/C14H19FN2O2/c1-9-3-4-11(12(15)7-9)14(18)17-5-6-19-13(8-17)10(2)16/h3-4,7,10,13H,5-6,8,16H2,1-2H3. The van der Waals surface area contributed by atoms with Crippen molar-refractivity contribution in [1.29, 1.82) is 0 Å². The number of hydrogen-bond donors (Lipinski definition) is 1. The Morgan fingerprint density at radius 1 is 1.58 bits per heavy atom. The predicted octanol–water partition coefficient (Wildman–Crippen LogP) is 1.32. The highest BCUT2D eigenvalue weighted by molar-refractivity contribution is 5.94. The van der Waals surface area contributed by atoms with Gasteiger partial charge >= 0.3 is 0 Å². The van der Waals surface area contributed by atoms with E-state index in [9.17, 15) is 9.18 Å². The third-order valence-corrected chi connectivity index (χ3v) is 3.32. The zero-order valence-corrected chi connectivity index (χ0v) is 11.2. The summed E-state index contributed by atoms with van der Waals surface area (Å²) in [6, 6.07) is 4.48. The molecule has 1 aromatic rings. The molecule has 0 bridgehead atoms. The number of morpholine rings is 1. The maximum Gasteiger partial charge on any atom is 0.256 e. The Morgan fingerprint density at radius 3 is 2.95 bits per heavy atom. The Hall–Kier alpha value is -1.46. The molecular formula is C14H19FN2O2. The van der Waals surface area contributed by atoms with E-state index in [1.807, 2.05) is 6.92 Å². The van der Waals surface area contributed by atoms with Gasteiger partial charge in [0.25, 0.3) is 5.91 Å². The van der Waals surface area contributed by atoms with Crippen molar-refractivity contribution < 1.29 is 13.9 Å². The SMILES string of the molecule is Cc1ccc(C(=O)N2CCOC(C(C)N)C2)c(F)c1. The van der Waals surface area contributed by atoms with Crippen LogP contribution in [0.4, 0.5) is 4.39 Å². The van der Waals surface area contributed by atoms with Gasteiger partial charge < -0.3 is 15.4 Å². The second kappa shape index (κ2) is 5.67. The number of rotatable bonds is 2. The highest BCUT2D eigenvalue weighted by Gasteiger charge is 2.28. The normalized spacial score (nSPS) is 21.3. The molecule has 0 spiro atoms. The Bertz CT molecular complexity index is 477. The second-order valence-electron chi connectivity index (χ2n) is 5.00. The van der Waals surface area contributed by atoms with Gasteiger partial charge in [0.2, 0.25) is 0 Å². The molecule has 1 saturated heterocycles. The fourth-order valence-corrected chi connectivity index (χ4v) is 2.14. The van der Waals surface area contributed by atoms with Crippen molar-refractivity contribution >= 4 is 5.91 Å². The topological polar surface area (TPSA) is 55.6 Å². The first-order valence-corrected chi connectivity index (χ1v) is 6.41. The Kier molecular flexibility index (Phi) is 4.17. The molecule has 5 heteroatoms. The first-order valence-electron chi connectivity index (χ1n) is 6.41. The first kappa shape index (κ1) is 14.0. The van der Waals surface area contributed by atoms with Crippen molar-refractivity contribution in [2.45, 2.75) is 26.0 Å². The van der Waals surface area contributed by atoms with Gasteiger partial charge in [-0.2, -0.15) is 0 Å². The highest BCUT2D eigenvalue weighted by atomic mass is 19.1. The van der Waals surface area contributed by atoms with E-state index in [4.69, 9.17) is 10.5 Å². The van der Waals surface area contributed by atoms with Crippen molar-refractivity contribution in [2.75, 3.05) is 19.7 Å². The third kappa shape index (κ3) is 3.11. The quantitative estimate of drug-likeness (QED) is 0.878. The smallest absolute Gasteiger partial charge is 0.256 e. The molecule has 2 unspecified atom stereocenters. The van der Waals surface area contributed by atoms with E-state index < -0.39 is 5.82 Å². The van der Waals surface area contributed by atoms with E-state index in [-0.39, 0.29) is 23.6 Å². The van der Waals surface area contributed by atoms with E-state index in [0.29, 0.717) is 19.7 Å². The van der Waals surface area contributed by atoms with Gasteiger partial charge in [0.05, 0.1) is 18.3 Å². The number of carbonyl (C=O) groups excluding carboxylic acids is 1. The monoisotopic (exact) mass is 266 g/mol. The number of halogens is 1. The Labute approximate surface area is 112 Å². The van der Waals surface area contributed by atoms with Gasteiger partial charge in [-0.3, -0.25) is 4.79 Å². The average Bonchev–Trinajstić information content (AvgIpc) is 2.38. The highest BCUT2D eigenvalue weighted by Crippen LogP contribution is 2.16. The van der Waals surface area contributed by atoms with E-state index in [1.54, 1.807) is 17.9 Å². The molecule has 0 aliphatic carbocycles. The van der Waals surface area contributed by atoms with Crippen LogP contribution in [0.2, 0.25) is 0 Å². The number of hydrogen-bond acceptors (Lipinski definition) is 3. The molecule has 1 fully saturated rings. The van der Waals surface area contributed by atoms with Crippen LogP contribution in [0.3, 0.4) is 0 Å². The molecule has 4 nitrogen and oxygen atoms in total. The van der Waals surface area contributed by atoms with Crippen LogP contribution in [0.25, 0.3) is 0 Å². The van der Waals surface area contributed by atoms with Crippen LogP contribution in [0.1, 0.15) is 22.8 Å². The molecule has 0 radical (unpaired) electrons. The largest absolute Gasteiger partial charge is 0.373 e. The summed E-state index contributed by atoms with van der Waals surface area (Å²) in [4.78, 5) is 13.9. The fourth-order valence-electron chi connectivity index (χ4n) is 2.14. The van der Waals surface area contributed by atoms with Gasteiger partial charge in [-0.15, -0.1) is 0 Å². The molecule has 104 valence electrons. The molecule has 0 saturated carbocycles. The molecule has 0 aromatic heterocycles. The van der Waals surface area contributed by atoms with Crippen LogP contribution in [0.5, 0.6) is 0 Å². The van der Waals surface area contributed by atoms with Gasteiger partial charge in [0.15, 0.2) is 0 Å². The minimum atomic E-state index is -0.478. The van der Waals surface area contributed by atoms with Crippen LogP contribution in [-0.4, -0.2) is 42.6 Å². The molecule has 1 heterocycles. The molecule has 1 aliphatic rings. The molecule has 1 aromatic carbocycles. The number of amides is 1. The van der Waals surface area contributed by atoms with E-state index >= 15 is 0 Å². The second-order valence-corrected chi connectivity index (χ2v) is 5.00. The molecular weight excluding hydrogens is 247 g/mol. The minimum Gasteiger partial charge on any atom is -0.373 e. The van der Waals surface area contributed by atoms with Crippen molar-refractivity contribution in [3.63, 3.8) is 0 Å². The van der Waals surface area contributed by atoms with Gasteiger partial charge in [-0.1, -0.05) is 6.07 Å². The van der Waals surface area contributed by atoms with Crippen LogP contribution in [0, 0.1) is 12.7 Å². The number of nitrogens with two attached hydrogens (primary N) is 1.